The molecule has 1 N–H and O–H groups in total. The molecule has 2 aromatic carbocycles. The Morgan fingerprint density at radius 2 is 1.47 bits per heavy atom. The SMILES string of the molecule is O=C(NCCCN1CCN(c2ccccc2)CC1)N1CCN(CCOc2ccccc2Cl)CC1. The van der Waals surface area contributed by atoms with Crippen LogP contribution in [0.3, 0.4) is 0 Å². The van der Waals surface area contributed by atoms with Gasteiger partial charge in [-0.3, -0.25) is 9.80 Å². The number of benzene rings is 2. The molecule has 0 aromatic heterocycles. The van der Waals surface area contributed by atoms with E-state index in [-0.39, 0.29) is 6.03 Å². The molecule has 34 heavy (non-hydrogen) atoms. The summed E-state index contributed by atoms with van der Waals surface area (Å²) in [6, 6.07) is 18.2. The second-order valence-corrected chi connectivity index (χ2v) is 9.26. The van der Waals surface area contributed by atoms with E-state index < -0.39 is 0 Å². The number of anilines is 1. The number of hydrogen-bond acceptors (Lipinski definition) is 5. The highest BCUT2D eigenvalue weighted by Crippen LogP contribution is 2.23. The number of halogens is 1. The van der Waals surface area contributed by atoms with E-state index in [1.807, 2.05) is 29.2 Å². The van der Waals surface area contributed by atoms with E-state index in [0.717, 1.165) is 84.2 Å². The van der Waals surface area contributed by atoms with Crippen molar-refractivity contribution in [1.82, 2.24) is 20.0 Å². The Kier molecular flexibility index (Phi) is 9.30. The summed E-state index contributed by atoms with van der Waals surface area (Å²) in [5.74, 6) is 0.722. The molecule has 0 aliphatic carbocycles. The average molecular weight is 486 g/mol. The minimum atomic E-state index is 0.0564. The second-order valence-electron chi connectivity index (χ2n) is 8.86. The Bertz CT molecular complexity index is 884. The predicted octanol–water partition coefficient (Wildman–Crippen LogP) is 3.26. The molecule has 0 atom stereocenters. The highest BCUT2D eigenvalue weighted by molar-refractivity contribution is 6.32. The number of amides is 2. The number of carbonyl (C=O) groups excluding carboxylic acids is 1. The Balaban J connectivity index is 1.04. The minimum Gasteiger partial charge on any atom is -0.491 e. The molecular formula is C26H36ClN5O2. The normalized spacial score (nSPS) is 17.6. The summed E-state index contributed by atoms with van der Waals surface area (Å²) in [5.41, 5.74) is 1.31. The Labute approximate surface area is 208 Å². The van der Waals surface area contributed by atoms with Gasteiger partial charge in [-0.2, -0.15) is 0 Å². The third kappa shape index (κ3) is 7.26. The summed E-state index contributed by atoms with van der Waals surface area (Å²) in [6.07, 6.45) is 0.983. The van der Waals surface area contributed by atoms with Gasteiger partial charge in [0.2, 0.25) is 0 Å². The van der Waals surface area contributed by atoms with E-state index >= 15 is 0 Å². The topological polar surface area (TPSA) is 51.3 Å². The van der Waals surface area contributed by atoms with E-state index in [9.17, 15) is 4.79 Å². The fourth-order valence-corrected chi connectivity index (χ4v) is 4.69. The number of nitrogens with zero attached hydrogens (tertiary/aromatic N) is 4. The molecule has 0 spiro atoms. The molecule has 8 heteroatoms. The van der Waals surface area contributed by atoms with Crippen molar-refractivity contribution >= 4 is 23.3 Å². The van der Waals surface area contributed by atoms with Gasteiger partial charge in [0.05, 0.1) is 5.02 Å². The summed E-state index contributed by atoms with van der Waals surface area (Å²) in [4.78, 5) is 21.7. The fraction of sp³-hybridized carbons (Fsp3) is 0.500. The maximum atomic E-state index is 12.5. The number of para-hydroxylation sites is 2. The lowest BCUT2D eigenvalue weighted by molar-refractivity contribution is 0.126. The van der Waals surface area contributed by atoms with Crippen molar-refractivity contribution < 1.29 is 9.53 Å². The van der Waals surface area contributed by atoms with Gasteiger partial charge in [-0.15, -0.1) is 0 Å². The van der Waals surface area contributed by atoms with Crippen LogP contribution in [0, 0.1) is 0 Å². The van der Waals surface area contributed by atoms with Crippen molar-refractivity contribution in [2.45, 2.75) is 6.42 Å². The average Bonchev–Trinajstić information content (AvgIpc) is 2.89. The van der Waals surface area contributed by atoms with Gasteiger partial charge < -0.3 is 19.9 Å². The second kappa shape index (κ2) is 12.8. The van der Waals surface area contributed by atoms with Crippen LogP contribution in [-0.4, -0.2) is 99.3 Å². The molecule has 2 aromatic rings. The first kappa shape index (κ1) is 24.6. The Morgan fingerprint density at radius 3 is 2.21 bits per heavy atom. The lowest BCUT2D eigenvalue weighted by atomic mass is 10.2. The van der Waals surface area contributed by atoms with Crippen molar-refractivity contribution in [2.24, 2.45) is 0 Å². The maximum Gasteiger partial charge on any atom is 0.317 e. The molecular weight excluding hydrogens is 450 g/mol. The zero-order valence-corrected chi connectivity index (χ0v) is 20.6. The quantitative estimate of drug-likeness (QED) is 0.552. The number of ether oxygens (including phenoxy) is 1. The van der Waals surface area contributed by atoms with Crippen LogP contribution in [-0.2, 0) is 0 Å². The van der Waals surface area contributed by atoms with E-state index in [0.29, 0.717) is 11.6 Å². The van der Waals surface area contributed by atoms with Gasteiger partial charge in [0.15, 0.2) is 0 Å². The summed E-state index contributed by atoms with van der Waals surface area (Å²) in [5, 5.41) is 3.74. The van der Waals surface area contributed by atoms with E-state index in [4.69, 9.17) is 16.3 Å². The largest absolute Gasteiger partial charge is 0.491 e. The van der Waals surface area contributed by atoms with E-state index in [2.05, 4.69) is 50.3 Å². The van der Waals surface area contributed by atoms with Crippen molar-refractivity contribution in [3.8, 4) is 5.75 Å². The highest BCUT2D eigenvalue weighted by Gasteiger charge is 2.21. The Morgan fingerprint density at radius 1 is 0.824 bits per heavy atom. The number of urea groups is 1. The molecule has 2 amide bonds. The van der Waals surface area contributed by atoms with E-state index in [1.165, 1.54) is 5.69 Å². The van der Waals surface area contributed by atoms with Crippen LogP contribution in [0.4, 0.5) is 10.5 Å². The van der Waals surface area contributed by atoms with Crippen molar-refractivity contribution in [3.63, 3.8) is 0 Å². The molecule has 2 heterocycles. The van der Waals surface area contributed by atoms with Crippen molar-refractivity contribution in [2.75, 3.05) is 83.5 Å². The number of piperazine rings is 2. The molecule has 184 valence electrons. The van der Waals surface area contributed by atoms with Crippen LogP contribution >= 0.6 is 11.6 Å². The smallest absolute Gasteiger partial charge is 0.317 e. The molecule has 0 bridgehead atoms. The zero-order chi connectivity index (χ0) is 23.6. The number of hydrogen-bond donors (Lipinski definition) is 1. The number of carbonyl (C=O) groups is 1. The molecule has 2 saturated heterocycles. The van der Waals surface area contributed by atoms with Gasteiger partial charge in [0.1, 0.15) is 12.4 Å². The zero-order valence-electron chi connectivity index (χ0n) is 19.9. The monoisotopic (exact) mass is 485 g/mol. The van der Waals surface area contributed by atoms with Crippen LogP contribution < -0.4 is 15.0 Å². The van der Waals surface area contributed by atoms with Gasteiger partial charge >= 0.3 is 6.03 Å². The molecule has 2 aliphatic rings. The molecule has 0 radical (unpaired) electrons. The summed E-state index contributed by atoms with van der Waals surface area (Å²) in [6.45, 7) is 10.7. The first-order valence-electron chi connectivity index (χ1n) is 12.3. The van der Waals surface area contributed by atoms with Gasteiger partial charge in [-0.1, -0.05) is 41.9 Å². The molecule has 2 aliphatic heterocycles. The van der Waals surface area contributed by atoms with Crippen molar-refractivity contribution in [3.05, 3.63) is 59.6 Å². The first-order valence-corrected chi connectivity index (χ1v) is 12.7. The predicted molar refractivity (Wildman–Crippen MR) is 138 cm³/mol. The summed E-state index contributed by atoms with van der Waals surface area (Å²) >= 11 is 6.13. The van der Waals surface area contributed by atoms with Crippen LogP contribution in [0.25, 0.3) is 0 Å². The molecule has 4 rings (SSSR count). The standard InChI is InChI=1S/C26H36ClN5O2/c27-24-9-4-5-10-25(24)34-22-21-30-15-19-32(20-16-30)26(33)28-11-6-12-29-13-17-31(18-14-29)23-7-2-1-3-8-23/h1-5,7-10H,6,11-22H2,(H,28,33). The van der Waals surface area contributed by atoms with Gasteiger partial charge in [0, 0.05) is 71.1 Å². The molecule has 0 saturated carbocycles. The van der Waals surface area contributed by atoms with Crippen LogP contribution in [0.2, 0.25) is 5.02 Å². The third-order valence-corrected chi connectivity index (χ3v) is 6.89. The Hall–Kier alpha value is -2.48. The van der Waals surface area contributed by atoms with Gasteiger partial charge in [-0.05, 0) is 37.2 Å². The fourth-order valence-electron chi connectivity index (χ4n) is 4.50. The first-order chi connectivity index (χ1) is 16.7. The van der Waals surface area contributed by atoms with Crippen LogP contribution in [0.5, 0.6) is 5.75 Å². The third-order valence-electron chi connectivity index (χ3n) is 6.58. The molecule has 2 fully saturated rings. The summed E-state index contributed by atoms with van der Waals surface area (Å²) < 4.78 is 5.78. The van der Waals surface area contributed by atoms with Crippen molar-refractivity contribution in [1.29, 1.82) is 0 Å². The van der Waals surface area contributed by atoms with Gasteiger partial charge in [-0.25, -0.2) is 4.79 Å². The lowest BCUT2D eigenvalue weighted by Gasteiger charge is -2.36. The minimum absolute atomic E-state index is 0.0564. The molecule has 7 nitrogen and oxygen atoms in total. The number of nitrogens with one attached hydrogen (secondary N) is 1. The van der Waals surface area contributed by atoms with Crippen LogP contribution in [0.15, 0.2) is 54.6 Å². The van der Waals surface area contributed by atoms with Crippen LogP contribution in [0.1, 0.15) is 6.42 Å². The van der Waals surface area contributed by atoms with E-state index in [1.54, 1.807) is 0 Å². The maximum absolute atomic E-state index is 12.5. The summed E-state index contributed by atoms with van der Waals surface area (Å²) in [7, 11) is 0. The number of rotatable bonds is 9. The highest BCUT2D eigenvalue weighted by atomic mass is 35.5. The lowest BCUT2D eigenvalue weighted by Crippen LogP contribution is -2.52. The van der Waals surface area contributed by atoms with Gasteiger partial charge in [0.25, 0.3) is 0 Å². The molecule has 0 unspecified atom stereocenters.